The Kier molecular flexibility index (Phi) is 3.92. The monoisotopic (exact) mass is 329 g/mol. The fourth-order valence-electron chi connectivity index (χ4n) is 2.61. The van der Waals surface area contributed by atoms with Crippen LogP contribution < -0.4 is 15.8 Å². The van der Waals surface area contributed by atoms with Crippen LogP contribution in [-0.4, -0.2) is 23.3 Å². The number of hydrogen-bond acceptors (Lipinski definition) is 3. The van der Waals surface area contributed by atoms with Gasteiger partial charge in [-0.15, -0.1) is 0 Å². The molecule has 0 saturated heterocycles. The number of benzene rings is 1. The first-order valence-corrected chi connectivity index (χ1v) is 7.51. The molecule has 7 heteroatoms. The van der Waals surface area contributed by atoms with Crippen LogP contribution in [0.25, 0.3) is 0 Å². The number of nitrogens with one attached hydrogen (secondary N) is 2. The number of aromatic amines is 1. The average molecular weight is 329 g/mol. The van der Waals surface area contributed by atoms with Crippen molar-refractivity contribution in [2.75, 3.05) is 16.8 Å². The number of fused-ring (bicyclic) bond motifs is 1. The Bertz CT molecular complexity index is 889. The van der Waals surface area contributed by atoms with Crippen LogP contribution in [0.1, 0.15) is 35.8 Å². The van der Waals surface area contributed by atoms with Crippen LogP contribution in [0.2, 0.25) is 0 Å². The number of aromatic nitrogens is 1. The van der Waals surface area contributed by atoms with Crippen LogP contribution in [0.15, 0.2) is 35.1 Å². The third kappa shape index (κ3) is 2.80. The fraction of sp³-hybridized carbons (Fsp3) is 0.235. The molecule has 2 heterocycles. The van der Waals surface area contributed by atoms with E-state index in [2.05, 4.69) is 10.3 Å². The van der Waals surface area contributed by atoms with Crippen molar-refractivity contribution >= 4 is 23.2 Å². The minimum Gasteiger partial charge on any atom is -0.326 e. The van der Waals surface area contributed by atoms with Crippen molar-refractivity contribution < 1.29 is 14.0 Å². The van der Waals surface area contributed by atoms with Gasteiger partial charge in [0.05, 0.1) is 5.69 Å². The second-order valence-electron chi connectivity index (χ2n) is 5.92. The maximum atomic E-state index is 13.9. The number of pyridine rings is 1. The van der Waals surface area contributed by atoms with Crippen LogP contribution >= 0.6 is 0 Å². The summed E-state index contributed by atoms with van der Waals surface area (Å²) in [6, 6.07) is 6.98. The van der Waals surface area contributed by atoms with Crippen LogP contribution in [0, 0.1) is 5.82 Å². The van der Waals surface area contributed by atoms with Gasteiger partial charge in [0.15, 0.2) is 0 Å². The molecule has 124 valence electrons. The smallest absolute Gasteiger partial charge is 0.259 e. The standard InChI is InChI=1S/C17H16FN3O3/c1-9(2)12-6-10(7-14(22)19-12)17(24)21-8-15(23)20-16-11(18)4-3-5-13(16)21/h3-7,9H,8H2,1-2H3,(H,19,22)(H,20,23). The summed E-state index contributed by atoms with van der Waals surface area (Å²) in [5.74, 6) is -1.61. The van der Waals surface area contributed by atoms with E-state index in [-0.39, 0.29) is 29.4 Å². The quantitative estimate of drug-likeness (QED) is 0.886. The van der Waals surface area contributed by atoms with E-state index in [9.17, 15) is 18.8 Å². The Morgan fingerprint density at radius 2 is 2.00 bits per heavy atom. The number of amides is 2. The predicted octanol–water partition coefficient (Wildman–Crippen LogP) is 2.24. The number of rotatable bonds is 2. The van der Waals surface area contributed by atoms with Gasteiger partial charge in [0, 0.05) is 17.3 Å². The Balaban J connectivity index is 2.07. The first-order chi connectivity index (χ1) is 11.4. The van der Waals surface area contributed by atoms with E-state index in [4.69, 9.17) is 0 Å². The molecule has 0 aliphatic carbocycles. The van der Waals surface area contributed by atoms with Gasteiger partial charge in [0.25, 0.3) is 5.91 Å². The molecular formula is C17H16FN3O3. The third-order valence-corrected chi connectivity index (χ3v) is 3.83. The minimum atomic E-state index is -0.618. The first-order valence-electron chi connectivity index (χ1n) is 7.51. The van der Waals surface area contributed by atoms with Crippen molar-refractivity contribution in [3.8, 4) is 0 Å². The van der Waals surface area contributed by atoms with Crippen molar-refractivity contribution in [1.82, 2.24) is 4.98 Å². The van der Waals surface area contributed by atoms with Gasteiger partial charge in [-0.2, -0.15) is 0 Å². The lowest BCUT2D eigenvalue weighted by Gasteiger charge is -2.29. The molecule has 0 spiro atoms. The van der Waals surface area contributed by atoms with E-state index >= 15 is 0 Å². The second kappa shape index (κ2) is 5.92. The zero-order chi connectivity index (χ0) is 17.4. The number of para-hydroxylation sites is 1. The van der Waals surface area contributed by atoms with Crippen molar-refractivity contribution in [2.24, 2.45) is 0 Å². The van der Waals surface area contributed by atoms with Crippen LogP contribution in [0.4, 0.5) is 15.8 Å². The van der Waals surface area contributed by atoms with Crippen LogP contribution in [0.3, 0.4) is 0 Å². The van der Waals surface area contributed by atoms with E-state index in [1.54, 1.807) is 12.1 Å². The highest BCUT2D eigenvalue weighted by atomic mass is 19.1. The number of carbonyl (C=O) groups excluding carboxylic acids is 2. The van der Waals surface area contributed by atoms with Crippen molar-refractivity contribution in [3.63, 3.8) is 0 Å². The lowest BCUT2D eigenvalue weighted by Crippen LogP contribution is -2.42. The molecule has 2 N–H and O–H groups in total. The molecule has 6 nitrogen and oxygen atoms in total. The summed E-state index contributed by atoms with van der Waals surface area (Å²) in [5, 5.41) is 2.43. The number of H-pyrrole nitrogens is 1. The predicted molar refractivity (Wildman–Crippen MR) is 87.9 cm³/mol. The Hall–Kier alpha value is -2.96. The van der Waals surface area contributed by atoms with E-state index in [1.165, 1.54) is 23.1 Å². The van der Waals surface area contributed by atoms with Gasteiger partial charge in [0.1, 0.15) is 18.0 Å². The zero-order valence-corrected chi connectivity index (χ0v) is 13.2. The minimum absolute atomic E-state index is 0.0276. The highest BCUT2D eigenvalue weighted by Gasteiger charge is 2.29. The molecule has 2 amide bonds. The van der Waals surface area contributed by atoms with Gasteiger partial charge in [-0.05, 0) is 24.1 Å². The normalized spacial score (nSPS) is 13.7. The first kappa shape index (κ1) is 15.9. The Labute approximate surface area is 137 Å². The van der Waals surface area contributed by atoms with Gasteiger partial charge < -0.3 is 10.3 Å². The van der Waals surface area contributed by atoms with Gasteiger partial charge in [-0.25, -0.2) is 4.39 Å². The number of halogens is 1. The number of anilines is 2. The molecule has 2 aromatic rings. The third-order valence-electron chi connectivity index (χ3n) is 3.83. The van der Waals surface area contributed by atoms with Crippen molar-refractivity contribution in [1.29, 1.82) is 0 Å². The van der Waals surface area contributed by atoms with E-state index in [0.29, 0.717) is 5.69 Å². The summed E-state index contributed by atoms with van der Waals surface area (Å²) in [7, 11) is 0. The van der Waals surface area contributed by atoms with Gasteiger partial charge in [-0.1, -0.05) is 19.9 Å². The van der Waals surface area contributed by atoms with Gasteiger partial charge in [-0.3, -0.25) is 19.3 Å². The highest BCUT2D eigenvalue weighted by molar-refractivity contribution is 6.15. The maximum absolute atomic E-state index is 13.9. The highest BCUT2D eigenvalue weighted by Crippen LogP contribution is 2.32. The van der Waals surface area contributed by atoms with E-state index < -0.39 is 23.2 Å². The molecule has 0 radical (unpaired) electrons. The van der Waals surface area contributed by atoms with Gasteiger partial charge >= 0.3 is 0 Å². The van der Waals surface area contributed by atoms with E-state index in [0.717, 1.165) is 0 Å². The Morgan fingerprint density at radius 3 is 2.71 bits per heavy atom. The molecule has 3 rings (SSSR count). The number of nitrogens with zero attached hydrogens (tertiary/aromatic N) is 1. The summed E-state index contributed by atoms with van der Waals surface area (Å²) >= 11 is 0. The summed E-state index contributed by atoms with van der Waals surface area (Å²) in [6.45, 7) is 3.54. The zero-order valence-electron chi connectivity index (χ0n) is 13.2. The molecule has 1 aromatic heterocycles. The summed E-state index contributed by atoms with van der Waals surface area (Å²) in [5.41, 5.74) is 0.617. The molecule has 1 aromatic carbocycles. The van der Waals surface area contributed by atoms with Crippen LogP contribution in [-0.2, 0) is 4.79 Å². The number of carbonyl (C=O) groups is 2. The molecule has 0 atom stereocenters. The maximum Gasteiger partial charge on any atom is 0.259 e. The topological polar surface area (TPSA) is 82.3 Å². The number of hydrogen-bond donors (Lipinski definition) is 2. The molecule has 0 unspecified atom stereocenters. The molecule has 1 aliphatic heterocycles. The van der Waals surface area contributed by atoms with Crippen LogP contribution in [0.5, 0.6) is 0 Å². The summed E-state index contributed by atoms with van der Waals surface area (Å²) in [6.07, 6.45) is 0. The molecular weight excluding hydrogens is 313 g/mol. The molecule has 0 fully saturated rings. The average Bonchev–Trinajstić information content (AvgIpc) is 2.53. The lowest BCUT2D eigenvalue weighted by atomic mass is 10.1. The second-order valence-corrected chi connectivity index (χ2v) is 5.92. The fourth-order valence-corrected chi connectivity index (χ4v) is 2.61. The van der Waals surface area contributed by atoms with Crippen molar-refractivity contribution in [2.45, 2.75) is 19.8 Å². The van der Waals surface area contributed by atoms with E-state index in [1.807, 2.05) is 13.8 Å². The SMILES string of the molecule is CC(C)c1cc(C(=O)N2CC(=O)Nc3c(F)cccc32)cc(=O)[nH]1. The largest absolute Gasteiger partial charge is 0.326 e. The summed E-state index contributed by atoms with van der Waals surface area (Å²) in [4.78, 5) is 40.3. The molecule has 1 aliphatic rings. The summed E-state index contributed by atoms with van der Waals surface area (Å²) < 4.78 is 13.9. The molecule has 24 heavy (non-hydrogen) atoms. The molecule has 0 bridgehead atoms. The Morgan fingerprint density at radius 1 is 1.25 bits per heavy atom. The molecule has 0 saturated carbocycles. The van der Waals surface area contributed by atoms with Crippen molar-refractivity contribution in [3.05, 3.63) is 57.8 Å². The van der Waals surface area contributed by atoms with Gasteiger partial charge in [0.2, 0.25) is 11.5 Å². The lowest BCUT2D eigenvalue weighted by molar-refractivity contribution is -0.115.